The van der Waals surface area contributed by atoms with Gasteiger partial charge >= 0.3 is 0 Å². The molecule has 0 N–H and O–H groups in total. The Hall–Kier alpha value is -0.840. The Morgan fingerprint density at radius 3 is 1.94 bits per heavy atom. The second-order valence-corrected chi connectivity index (χ2v) is 4.38. The number of nitrogens with zero attached hydrogens (tertiary/aromatic N) is 1. The van der Waals surface area contributed by atoms with E-state index in [2.05, 4.69) is 6.07 Å². The zero-order valence-electron chi connectivity index (χ0n) is 10.6. The van der Waals surface area contributed by atoms with Crippen molar-refractivity contribution in [3.8, 4) is 6.07 Å². The van der Waals surface area contributed by atoms with Crippen LogP contribution >= 0.6 is 0 Å². The summed E-state index contributed by atoms with van der Waals surface area (Å²) >= 11 is 0. The van der Waals surface area contributed by atoms with Gasteiger partial charge in [-0.2, -0.15) is 5.26 Å². The third-order valence-corrected chi connectivity index (χ3v) is 2.89. The first-order chi connectivity index (χ1) is 7.81. The van der Waals surface area contributed by atoms with Crippen LogP contribution in [0.15, 0.2) is 0 Å². The lowest BCUT2D eigenvalue weighted by Gasteiger charge is -2.01. The van der Waals surface area contributed by atoms with Gasteiger partial charge in [0.25, 0.3) is 0 Å². The fourth-order valence-electron chi connectivity index (χ4n) is 1.76. The molecule has 0 aliphatic heterocycles. The van der Waals surface area contributed by atoms with Gasteiger partial charge in [0, 0.05) is 19.3 Å². The molecule has 0 fully saturated rings. The number of Topliss-reactive ketones (excluding diaryl/α,β-unsaturated/α-hetero) is 1. The second-order valence-electron chi connectivity index (χ2n) is 4.38. The Bertz CT molecular complexity index is 205. The van der Waals surface area contributed by atoms with E-state index in [0.717, 1.165) is 19.3 Å². The SMILES string of the molecule is CCC(=O)CCCCCCCCCCC#N. The van der Waals surface area contributed by atoms with Crippen molar-refractivity contribution in [2.75, 3.05) is 0 Å². The van der Waals surface area contributed by atoms with Crippen molar-refractivity contribution < 1.29 is 4.79 Å². The van der Waals surface area contributed by atoms with Crippen LogP contribution in [-0.4, -0.2) is 5.78 Å². The molecule has 0 unspecified atom stereocenters. The van der Waals surface area contributed by atoms with Gasteiger partial charge in [0.1, 0.15) is 5.78 Å². The number of ketones is 1. The standard InChI is InChI=1S/C14H25NO/c1-2-14(16)12-10-8-6-4-3-5-7-9-11-13-15/h2-12H2,1H3. The molecule has 0 aliphatic carbocycles. The molecule has 0 rings (SSSR count). The van der Waals surface area contributed by atoms with Crippen LogP contribution in [0.1, 0.15) is 77.6 Å². The summed E-state index contributed by atoms with van der Waals surface area (Å²) in [4.78, 5) is 11.0. The minimum atomic E-state index is 0.400. The zero-order valence-corrected chi connectivity index (χ0v) is 10.6. The van der Waals surface area contributed by atoms with Crippen LogP contribution in [0.25, 0.3) is 0 Å². The van der Waals surface area contributed by atoms with Crippen LogP contribution < -0.4 is 0 Å². The summed E-state index contributed by atoms with van der Waals surface area (Å²) in [5.41, 5.74) is 0. The van der Waals surface area contributed by atoms with Crippen molar-refractivity contribution in [1.82, 2.24) is 0 Å². The highest BCUT2D eigenvalue weighted by Gasteiger charge is 1.97. The maximum atomic E-state index is 11.0. The molecule has 0 atom stereocenters. The van der Waals surface area contributed by atoms with E-state index in [0.29, 0.717) is 18.6 Å². The lowest BCUT2D eigenvalue weighted by Crippen LogP contribution is -1.94. The Morgan fingerprint density at radius 2 is 1.44 bits per heavy atom. The van der Waals surface area contributed by atoms with Gasteiger partial charge in [-0.25, -0.2) is 0 Å². The van der Waals surface area contributed by atoms with Crippen molar-refractivity contribution in [2.45, 2.75) is 77.6 Å². The topological polar surface area (TPSA) is 40.9 Å². The van der Waals surface area contributed by atoms with Gasteiger partial charge in [-0.1, -0.05) is 45.4 Å². The van der Waals surface area contributed by atoms with E-state index in [1.165, 1.54) is 38.5 Å². The summed E-state index contributed by atoms with van der Waals surface area (Å²) in [5.74, 6) is 0.400. The van der Waals surface area contributed by atoms with Crippen LogP contribution in [0.3, 0.4) is 0 Å². The van der Waals surface area contributed by atoms with Crippen LogP contribution in [-0.2, 0) is 4.79 Å². The number of hydrogen-bond donors (Lipinski definition) is 0. The fraction of sp³-hybridized carbons (Fsp3) is 0.857. The zero-order chi connectivity index (χ0) is 12.1. The highest BCUT2D eigenvalue weighted by atomic mass is 16.1. The lowest BCUT2D eigenvalue weighted by atomic mass is 10.1. The molecule has 0 amide bonds. The Kier molecular flexibility index (Phi) is 11.6. The van der Waals surface area contributed by atoms with Crippen molar-refractivity contribution in [1.29, 1.82) is 5.26 Å². The van der Waals surface area contributed by atoms with Gasteiger partial charge in [0.2, 0.25) is 0 Å². The number of carbonyl (C=O) groups excluding carboxylic acids is 1. The fourth-order valence-corrected chi connectivity index (χ4v) is 1.76. The van der Waals surface area contributed by atoms with Gasteiger partial charge in [0.05, 0.1) is 6.07 Å². The van der Waals surface area contributed by atoms with E-state index in [-0.39, 0.29) is 0 Å². The van der Waals surface area contributed by atoms with E-state index < -0.39 is 0 Å². The van der Waals surface area contributed by atoms with Crippen molar-refractivity contribution in [3.05, 3.63) is 0 Å². The molecule has 0 aromatic rings. The molecule has 0 saturated heterocycles. The molecule has 2 nitrogen and oxygen atoms in total. The van der Waals surface area contributed by atoms with E-state index in [4.69, 9.17) is 5.26 Å². The largest absolute Gasteiger partial charge is 0.300 e. The van der Waals surface area contributed by atoms with E-state index >= 15 is 0 Å². The third kappa shape index (κ3) is 11.2. The smallest absolute Gasteiger partial charge is 0.132 e. The van der Waals surface area contributed by atoms with Gasteiger partial charge in [0.15, 0.2) is 0 Å². The van der Waals surface area contributed by atoms with Crippen LogP contribution in [0.5, 0.6) is 0 Å². The molecule has 0 aromatic carbocycles. The first kappa shape index (κ1) is 15.2. The van der Waals surface area contributed by atoms with Crippen LogP contribution in [0.4, 0.5) is 0 Å². The Labute approximate surface area is 100 Å². The molecule has 92 valence electrons. The summed E-state index contributed by atoms with van der Waals surface area (Å²) < 4.78 is 0. The quantitative estimate of drug-likeness (QED) is 0.487. The molecule has 0 aromatic heterocycles. The number of hydrogen-bond acceptors (Lipinski definition) is 2. The molecule has 0 radical (unpaired) electrons. The number of unbranched alkanes of at least 4 members (excludes halogenated alkanes) is 8. The molecule has 0 saturated carbocycles. The van der Waals surface area contributed by atoms with Crippen molar-refractivity contribution >= 4 is 5.78 Å². The molecular weight excluding hydrogens is 198 g/mol. The number of rotatable bonds is 11. The minimum absolute atomic E-state index is 0.400. The maximum Gasteiger partial charge on any atom is 0.132 e. The predicted molar refractivity (Wildman–Crippen MR) is 67.1 cm³/mol. The second kappa shape index (κ2) is 12.2. The van der Waals surface area contributed by atoms with Crippen LogP contribution in [0.2, 0.25) is 0 Å². The first-order valence-electron chi connectivity index (χ1n) is 6.70. The van der Waals surface area contributed by atoms with E-state index in [1.54, 1.807) is 0 Å². The van der Waals surface area contributed by atoms with Crippen molar-refractivity contribution in [3.63, 3.8) is 0 Å². The van der Waals surface area contributed by atoms with Crippen LogP contribution in [0, 0.1) is 11.3 Å². The molecule has 16 heavy (non-hydrogen) atoms. The summed E-state index contributed by atoms with van der Waals surface area (Å²) in [7, 11) is 0. The van der Waals surface area contributed by atoms with E-state index in [1.807, 2.05) is 6.92 Å². The van der Waals surface area contributed by atoms with Gasteiger partial charge in [-0.05, 0) is 12.8 Å². The normalized spacial score (nSPS) is 10.0. The first-order valence-corrected chi connectivity index (χ1v) is 6.70. The average Bonchev–Trinajstić information content (AvgIpc) is 2.31. The molecule has 0 spiro atoms. The summed E-state index contributed by atoms with van der Waals surface area (Å²) in [5, 5.41) is 8.35. The van der Waals surface area contributed by atoms with E-state index in [9.17, 15) is 4.79 Å². The summed E-state index contributed by atoms with van der Waals surface area (Å²) in [6.45, 7) is 1.93. The molecule has 0 heterocycles. The maximum absolute atomic E-state index is 11.0. The van der Waals surface area contributed by atoms with Gasteiger partial charge in [-0.15, -0.1) is 0 Å². The molecule has 0 aliphatic rings. The third-order valence-electron chi connectivity index (χ3n) is 2.89. The number of carbonyl (C=O) groups is 1. The summed E-state index contributed by atoms with van der Waals surface area (Å²) in [6.07, 6.45) is 11.8. The van der Waals surface area contributed by atoms with Crippen molar-refractivity contribution in [2.24, 2.45) is 0 Å². The molecule has 0 bridgehead atoms. The Balaban J connectivity index is 2.99. The minimum Gasteiger partial charge on any atom is -0.300 e. The summed E-state index contributed by atoms with van der Waals surface area (Å²) in [6, 6.07) is 2.17. The lowest BCUT2D eigenvalue weighted by molar-refractivity contribution is -0.118. The monoisotopic (exact) mass is 223 g/mol. The van der Waals surface area contributed by atoms with Gasteiger partial charge in [-0.3, -0.25) is 4.79 Å². The average molecular weight is 223 g/mol. The molecule has 2 heteroatoms. The molecular formula is C14H25NO. The highest BCUT2D eigenvalue weighted by molar-refractivity contribution is 5.77. The number of nitriles is 1. The predicted octanol–water partition coefficient (Wildman–Crippen LogP) is 4.39. The van der Waals surface area contributed by atoms with Gasteiger partial charge < -0.3 is 0 Å². The Morgan fingerprint density at radius 1 is 0.938 bits per heavy atom. The highest BCUT2D eigenvalue weighted by Crippen LogP contribution is 2.10.